The second-order valence-corrected chi connectivity index (χ2v) is 2.27. The molecule has 0 spiro atoms. The van der Waals surface area contributed by atoms with Crippen LogP contribution in [0.15, 0.2) is 12.2 Å². The van der Waals surface area contributed by atoms with Crippen LogP contribution in [0.1, 0.15) is 20.3 Å². The molecule has 0 rings (SSSR count). The van der Waals surface area contributed by atoms with Crippen LogP contribution in [0.2, 0.25) is 0 Å². The van der Waals surface area contributed by atoms with Crippen molar-refractivity contribution in [2.24, 2.45) is 5.92 Å². The van der Waals surface area contributed by atoms with Crippen LogP contribution in [0.5, 0.6) is 0 Å². The van der Waals surface area contributed by atoms with E-state index in [1.807, 2.05) is 0 Å². The highest BCUT2D eigenvalue weighted by atomic mass is 16.5. The van der Waals surface area contributed by atoms with Gasteiger partial charge in [-0.05, 0) is 18.3 Å². The van der Waals surface area contributed by atoms with Gasteiger partial charge in [-0.2, -0.15) is 0 Å². The minimum absolute atomic E-state index is 0.475. The molecule has 1 unspecified atom stereocenters. The molecule has 10 heavy (non-hydrogen) atoms. The molecule has 0 aromatic heterocycles. The van der Waals surface area contributed by atoms with Gasteiger partial charge in [-0.3, -0.25) is 0 Å². The van der Waals surface area contributed by atoms with Crippen LogP contribution in [-0.2, 0) is 4.74 Å². The molecule has 1 nitrogen and oxygen atoms in total. The lowest BCUT2D eigenvalue weighted by Crippen LogP contribution is -1.93. The number of hydrogen-bond acceptors (Lipinski definition) is 1. The second-order valence-electron chi connectivity index (χ2n) is 2.27. The van der Waals surface area contributed by atoms with Gasteiger partial charge in [0.1, 0.15) is 6.11 Å². The summed E-state index contributed by atoms with van der Waals surface area (Å²) >= 11 is 0. The number of ether oxygens (including phenoxy) is 1. The Labute approximate surface area is 63.1 Å². The topological polar surface area (TPSA) is 9.23 Å². The van der Waals surface area contributed by atoms with Gasteiger partial charge in [0.2, 0.25) is 0 Å². The van der Waals surface area contributed by atoms with Gasteiger partial charge in [-0.25, -0.2) is 0 Å². The predicted octanol–water partition coefficient (Wildman–Crippen LogP) is 2.20. The molecule has 0 saturated carbocycles. The van der Waals surface area contributed by atoms with Crippen LogP contribution in [0.25, 0.3) is 0 Å². The molecule has 0 aliphatic heterocycles. The number of hydrogen-bond donors (Lipinski definition) is 0. The number of allylic oxidation sites excluding steroid dienone is 1. The first-order valence-corrected chi connectivity index (χ1v) is 3.45. The molecular weight excluding hydrogens is 124 g/mol. The van der Waals surface area contributed by atoms with Gasteiger partial charge in [0.15, 0.2) is 0 Å². The molecule has 0 aliphatic rings. The fraction of sp³-hybridized carbons (Fsp3) is 0.556. The zero-order valence-electron chi connectivity index (χ0n) is 6.90. The van der Waals surface area contributed by atoms with E-state index in [9.17, 15) is 0 Å². The monoisotopic (exact) mass is 138 g/mol. The van der Waals surface area contributed by atoms with Crippen LogP contribution in [0.4, 0.5) is 0 Å². The summed E-state index contributed by atoms with van der Waals surface area (Å²) in [5, 5.41) is 0. The lowest BCUT2D eigenvalue weighted by Gasteiger charge is -2.03. The summed E-state index contributed by atoms with van der Waals surface area (Å²) in [4.78, 5) is 0. The fourth-order valence-electron chi connectivity index (χ4n) is 0.486. The van der Waals surface area contributed by atoms with Crippen molar-refractivity contribution in [3.05, 3.63) is 12.2 Å². The third kappa shape index (κ3) is 3.19. The van der Waals surface area contributed by atoms with E-state index in [-0.39, 0.29) is 0 Å². The van der Waals surface area contributed by atoms with E-state index in [1.54, 1.807) is 7.11 Å². The van der Waals surface area contributed by atoms with E-state index >= 15 is 0 Å². The maximum Gasteiger partial charge on any atom is 0.114 e. The minimum Gasteiger partial charge on any atom is -0.450 e. The van der Waals surface area contributed by atoms with E-state index in [1.165, 1.54) is 0 Å². The average molecular weight is 138 g/mol. The quantitative estimate of drug-likeness (QED) is 0.531. The van der Waals surface area contributed by atoms with E-state index in [4.69, 9.17) is 0 Å². The van der Waals surface area contributed by atoms with Crippen molar-refractivity contribution in [1.29, 1.82) is 0 Å². The third-order valence-electron chi connectivity index (χ3n) is 1.52. The van der Waals surface area contributed by atoms with Gasteiger partial charge in [0.25, 0.3) is 0 Å². The summed E-state index contributed by atoms with van der Waals surface area (Å²) in [6.45, 7) is 8.03. The Balaban J connectivity index is 3.84. The Morgan fingerprint density at radius 1 is 1.70 bits per heavy atom. The maximum atomic E-state index is 4.59. The number of methoxy groups -OCH3 is 1. The first kappa shape index (κ1) is 9.10. The number of rotatable bonds is 2. The molecule has 0 saturated heterocycles. The van der Waals surface area contributed by atoms with E-state index < -0.39 is 0 Å². The highest BCUT2D eigenvalue weighted by Gasteiger charge is 1.99. The van der Waals surface area contributed by atoms with Crippen LogP contribution in [0, 0.1) is 17.9 Å². The fourth-order valence-corrected chi connectivity index (χ4v) is 0.486. The third-order valence-corrected chi connectivity index (χ3v) is 1.52. The van der Waals surface area contributed by atoms with Gasteiger partial charge in [0, 0.05) is 5.57 Å². The Kier molecular flexibility index (Phi) is 4.49. The van der Waals surface area contributed by atoms with Crippen molar-refractivity contribution < 1.29 is 4.74 Å². The highest BCUT2D eigenvalue weighted by molar-refractivity contribution is 5.25. The molecule has 0 aromatic carbocycles. The van der Waals surface area contributed by atoms with Crippen molar-refractivity contribution >= 4 is 0 Å². The molecule has 0 N–H and O–H groups in total. The Morgan fingerprint density at radius 2 is 2.30 bits per heavy atom. The van der Waals surface area contributed by atoms with Crippen LogP contribution in [-0.4, -0.2) is 7.11 Å². The van der Waals surface area contributed by atoms with E-state index in [0.717, 1.165) is 12.0 Å². The predicted molar refractivity (Wildman–Crippen MR) is 43.4 cm³/mol. The highest BCUT2D eigenvalue weighted by Crippen LogP contribution is 2.09. The summed E-state index contributed by atoms with van der Waals surface area (Å²) in [5.74, 6) is 3.29. The molecule has 0 radical (unpaired) electrons. The van der Waals surface area contributed by atoms with Gasteiger partial charge in [-0.15, -0.1) is 0 Å². The Morgan fingerprint density at radius 3 is 2.70 bits per heavy atom. The SMILES string of the molecule is C=C(C#COC)C(C)CC. The van der Waals surface area contributed by atoms with Gasteiger partial charge < -0.3 is 4.74 Å². The van der Waals surface area contributed by atoms with E-state index in [2.05, 4.69) is 37.2 Å². The molecule has 1 heteroatoms. The van der Waals surface area contributed by atoms with Crippen LogP contribution in [0.3, 0.4) is 0 Å². The van der Waals surface area contributed by atoms with Gasteiger partial charge in [0.05, 0.1) is 7.11 Å². The molecular formula is C9H14O. The minimum atomic E-state index is 0.475. The van der Waals surface area contributed by atoms with Crippen molar-refractivity contribution in [3.8, 4) is 12.0 Å². The molecule has 0 heterocycles. The summed E-state index contributed by atoms with van der Waals surface area (Å²) in [6.07, 6.45) is 3.59. The molecule has 0 bridgehead atoms. The maximum absolute atomic E-state index is 4.59. The van der Waals surface area contributed by atoms with E-state index in [0.29, 0.717) is 5.92 Å². The van der Waals surface area contributed by atoms with Crippen LogP contribution < -0.4 is 0 Å². The zero-order chi connectivity index (χ0) is 7.98. The Hall–Kier alpha value is -0.900. The van der Waals surface area contributed by atoms with Gasteiger partial charge >= 0.3 is 0 Å². The van der Waals surface area contributed by atoms with Crippen molar-refractivity contribution in [2.75, 3.05) is 7.11 Å². The van der Waals surface area contributed by atoms with Crippen molar-refractivity contribution in [2.45, 2.75) is 20.3 Å². The molecule has 0 fully saturated rings. The van der Waals surface area contributed by atoms with Gasteiger partial charge in [-0.1, -0.05) is 20.4 Å². The molecule has 0 aliphatic carbocycles. The van der Waals surface area contributed by atoms with Crippen molar-refractivity contribution in [1.82, 2.24) is 0 Å². The average Bonchev–Trinajstić information content (AvgIpc) is 1.98. The molecule has 1 atom stereocenters. The van der Waals surface area contributed by atoms with Crippen LogP contribution >= 0.6 is 0 Å². The first-order valence-electron chi connectivity index (χ1n) is 3.45. The summed E-state index contributed by atoms with van der Waals surface area (Å²) < 4.78 is 4.59. The standard InChI is InChI=1S/C9H14O/c1-5-8(2)9(3)6-7-10-4/h8H,3,5H2,1-2,4H3. The second kappa shape index (κ2) is 4.93. The smallest absolute Gasteiger partial charge is 0.114 e. The molecule has 56 valence electrons. The van der Waals surface area contributed by atoms with Crippen molar-refractivity contribution in [3.63, 3.8) is 0 Å². The first-order chi connectivity index (χ1) is 4.72. The molecule has 0 amide bonds. The normalized spacial score (nSPS) is 11.1. The summed E-state index contributed by atoms with van der Waals surface area (Å²) in [7, 11) is 1.55. The lowest BCUT2D eigenvalue weighted by molar-refractivity contribution is 0.372. The summed E-state index contributed by atoms with van der Waals surface area (Å²) in [6, 6.07) is 0. The Bertz CT molecular complexity index is 159. The zero-order valence-corrected chi connectivity index (χ0v) is 6.90. The largest absolute Gasteiger partial charge is 0.450 e. The lowest BCUT2D eigenvalue weighted by atomic mass is 10.0. The summed E-state index contributed by atoms with van der Waals surface area (Å²) in [5.41, 5.74) is 0.948. The molecule has 0 aromatic rings.